The molecule has 0 aliphatic rings. The van der Waals surface area contributed by atoms with Crippen molar-refractivity contribution in [2.75, 3.05) is 6.61 Å². The van der Waals surface area contributed by atoms with Gasteiger partial charge >= 0.3 is 10.4 Å². The second-order valence-electron chi connectivity index (χ2n) is 2.86. The molecule has 16 heavy (non-hydrogen) atoms. The number of carbonyl (C=O) groups is 1. The van der Waals surface area contributed by atoms with E-state index in [1.807, 2.05) is 0 Å². The van der Waals surface area contributed by atoms with Crippen LogP contribution in [0.1, 0.15) is 0 Å². The van der Waals surface area contributed by atoms with Gasteiger partial charge in [-0.15, -0.1) is 0 Å². The molecule has 0 amide bonds. The van der Waals surface area contributed by atoms with Crippen LogP contribution in [0.3, 0.4) is 0 Å². The lowest BCUT2D eigenvalue weighted by Crippen LogP contribution is -2.48. The summed E-state index contributed by atoms with van der Waals surface area (Å²) in [6, 6.07) is 0. The van der Waals surface area contributed by atoms with Crippen LogP contribution in [0.2, 0.25) is 0 Å². The van der Waals surface area contributed by atoms with Crippen molar-refractivity contribution in [1.29, 1.82) is 0 Å². The van der Waals surface area contributed by atoms with Gasteiger partial charge in [-0.05, 0) is 0 Å². The average molecular weight is 260 g/mol. The van der Waals surface area contributed by atoms with Gasteiger partial charge in [0.2, 0.25) is 0 Å². The maximum absolute atomic E-state index is 10.3. The zero-order chi connectivity index (χ0) is 12.9. The van der Waals surface area contributed by atoms with Crippen LogP contribution in [0.15, 0.2) is 0 Å². The highest BCUT2D eigenvalue weighted by atomic mass is 32.3. The topological polar surface area (TPSA) is 162 Å². The molecule has 5 N–H and O–H groups in total. The summed E-state index contributed by atoms with van der Waals surface area (Å²) in [4.78, 5) is 10.2. The SMILES string of the molecule is O=C[C@H](O)[C@@H](OS(=O)(=O)O)[C@H](O)[C@H](O)CO. The summed E-state index contributed by atoms with van der Waals surface area (Å²) in [5.74, 6) is 0. The average Bonchev–Trinajstić information content (AvgIpc) is 2.21. The van der Waals surface area contributed by atoms with E-state index in [1.54, 1.807) is 0 Å². The number of aliphatic hydroxyl groups excluding tert-OH is 4. The number of rotatable bonds is 7. The van der Waals surface area contributed by atoms with Crippen molar-refractivity contribution in [3.05, 3.63) is 0 Å². The summed E-state index contributed by atoms with van der Waals surface area (Å²) in [5.41, 5.74) is 0. The number of hydrogen-bond donors (Lipinski definition) is 5. The second-order valence-corrected chi connectivity index (χ2v) is 3.90. The van der Waals surface area contributed by atoms with Crippen LogP contribution in [0.25, 0.3) is 0 Å². The molecule has 9 nitrogen and oxygen atoms in total. The Morgan fingerprint density at radius 2 is 1.75 bits per heavy atom. The van der Waals surface area contributed by atoms with Crippen LogP contribution in [0.5, 0.6) is 0 Å². The van der Waals surface area contributed by atoms with Crippen LogP contribution >= 0.6 is 0 Å². The Labute approximate surface area is 90.9 Å². The molecule has 0 aromatic heterocycles. The van der Waals surface area contributed by atoms with Crippen molar-refractivity contribution in [2.24, 2.45) is 0 Å². The zero-order valence-electron chi connectivity index (χ0n) is 7.87. The Morgan fingerprint density at radius 3 is 2.06 bits per heavy atom. The predicted molar refractivity (Wildman–Crippen MR) is 47.6 cm³/mol. The van der Waals surface area contributed by atoms with Gasteiger partial charge in [-0.3, -0.25) is 4.55 Å². The third kappa shape index (κ3) is 4.94. The van der Waals surface area contributed by atoms with E-state index >= 15 is 0 Å². The monoisotopic (exact) mass is 260 g/mol. The number of hydrogen-bond acceptors (Lipinski definition) is 8. The number of carbonyl (C=O) groups excluding carboxylic acids is 1. The molecule has 0 fully saturated rings. The molecule has 0 spiro atoms. The molecule has 0 saturated carbocycles. The van der Waals surface area contributed by atoms with Gasteiger partial charge in [0.25, 0.3) is 0 Å². The Hall–Kier alpha value is -0.620. The van der Waals surface area contributed by atoms with Gasteiger partial charge in [0.15, 0.2) is 6.29 Å². The standard InChI is InChI=1S/C6H12O9S/c7-1-3(9)5(11)6(4(10)2-8)15-16(12,13)14/h2-7,9-11H,1H2,(H,12,13,14)/t3-,4+,5-,6-/m1/s1. The molecule has 10 heteroatoms. The van der Waals surface area contributed by atoms with Crippen molar-refractivity contribution in [2.45, 2.75) is 24.4 Å². The van der Waals surface area contributed by atoms with Gasteiger partial charge in [-0.25, -0.2) is 4.18 Å². The summed E-state index contributed by atoms with van der Waals surface area (Å²) in [5, 5.41) is 35.6. The predicted octanol–water partition coefficient (Wildman–Crippen LogP) is -3.55. The van der Waals surface area contributed by atoms with Gasteiger partial charge in [0.05, 0.1) is 6.61 Å². The first-order chi connectivity index (χ1) is 7.22. The Balaban J connectivity index is 4.87. The summed E-state index contributed by atoms with van der Waals surface area (Å²) in [7, 11) is -5.04. The Bertz CT molecular complexity index is 312. The molecule has 0 aliphatic heterocycles. The fourth-order valence-corrected chi connectivity index (χ4v) is 1.37. The molecule has 0 aliphatic carbocycles. The number of aldehydes is 1. The van der Waals surface area contributed by atoms with E-state index in [2.05, 4.69) is 4.18 Å². The molecule has 0 saturated heterocycles. The molecular weight excluding hydrogens is 248 g/mol. The van der Waals surface area contributed by atoms with Crippen molar-refractivity contribution in [1.82, 2.24) is 0 Å². The van der Waals surface area contributed by atoms with Crippen LogP contribution in [-0.4, -0.2) is 70.7 Å². The van der Waals surface area contributed by atoms with Gasteiger partial charge < -0.3 is 25.2 Å². The van der Waals surface area contributed by atoms with E-state index in [0.29, 0.717) is 0 Å². The first-order valence-electron chi connectivity index (χ1n) is 3.99. The van der Waals surface area contributed by atoms with E-state index in [1.165, 1.54) is 0 Å². The van der Waals surface area contributed by atoms with Crippen molar-refractivity contribution in [3.63, 3.8) is 0 Å². The molecule has 0 heterocycles. The lowest BCUT2D eigenvalue weighted by atomic mass is 10.0. The van der Waals surface area contributed by atoms with E-state index in [-0.39, 0.29) is 6.29 Å². The highest BCUT2D eigenvalue weighted by Gasteiger charge is 2.36. The summed E-state index contributed by atoms with van der Waals surface area (Å²) >= 11 is 0. The first-order valence-corrected chi connectivity index (χ1v) is 5.35. The minimum atomic E-state index is -5.04. The maximum Gasteiger partial charge on any atom is 0.397 e. The van der Waals surface area contributed by atoms with Crippen molar-refractivity contribution < 1.29 is 42.4 Å². The van der Waals surface area contributed by atoms with Gasteiger partial charge in [-0.2, -0.15) is 8.42 Å². The summed E-state index contributed by atoms with van der Waals surface area (Å²) < 4.78 is 32.8. The maximum atomic E-state index is 10.3. The lowest BCUT2D eigenvalue weighted by molar-refractivity contribution is -0.132. The molecule has 0 aromatic carbocycles. The van der Waals surface area contributed by atoms with Gasteiger partial charge in [0.1, 0.15) is 24.4 Å². The molecule has 0 aromatic rings. The minimum absolute atomic E-state index is 0.164. The van der Waals surface area contributed by atoms with Gasteiger partial charge in [-0.1, -0.05) is 0 Å². The van der Waals surface area contributed by atoms with E-state index < -0.39 is 41.4 Å². The third-order valence-electron chi connectivity index (χ3n) is 1.63. The smallest absolute Gasteiger partial charge is 0.394 e. The van der Waals surface area contributed by atoms with Crippen LogP contribution in [0.4, 0.5) is 0 Å². The highest BCUT2D eigenvalue weighted by molar-refractivity contribution is 7.80. The second kappa shape index (κ2) is 6.20. The quantitative estimate of drug-likeness (QED) is 0.230. The van der Waals surface area contributed by atoms with Crippen molar-refractivity contribution >= 4 is 16.7 Å². The summed E-state index contributed by atoms with van der Waals surface area (Å²) in [6.45, 7) is -0.960. The molecule has 4 atom stereocenters. The minimum Gasteiger partial charge on any atom is -0.394 e. The molecule has 0 unspecified atom stereocenters. The van der Waals surface area contributed by atoms with E-state index in [4.69, 9.17) is 19.9 Å². The largest absolute Gasteiger partial charge is 0.397 e. The van der Waals surface area contributed by atoms with Gasteiger partial charge in [0, 0.05) is 0 Å². The van der Waals surface area contributed by atoms with Crippen molar-refractivity contribution in [3.8, 4) is 0 Å². The fraction of sp³-hybridized carbons (Fsp3) is 0.833. The molecule has 0 bridgehead atoms. The zero-order valence-corrected chi connectivity index (χ0v) is 8.69. The van der Waals surface area contributed by atoms with E-state index in [0.717, 1.165) is 0 Å². The third-order valence-corrected chi connectivity index (χ3v) is 2.09. The Kier molecular flexibility index (Phi) is 5.96. The van der Waals surface area contributed by atoms with Crippen LogP contribution < -0.4 is 0 Å². The van der Waals surface area contributed by atoms with Crippen LogP contribution in [-0.2, 0) is 19.4 Å². The molecular formula is C6H12O9S. The lowest BCUT2D eigenvalue weighted by Gasteiger charge is -2.25. The molecule has 0 rings (SSSR count). The number of aliphatic hydroxyl groups is 4. The molecule has 96 valence electrons. The molecule has 0 radical (unpaired) electrons. The highest BCUT2D eigenvalue weighted by Crippen LogP contribution is 2.11. The Morgan fingerprint density at radius 1 is 1.25 bits per heavy atom. The summed E-state index contributed by atoms with van der Waals surface area (Å²) in [6.07, 6.45) is -8.30. The van der Waals surface area contributed by atoms with E-state index in [9.17, 15) is 18.3 Å². The fourth-order valence-electron chi connectivity index (χ4n) is 0.861. The van der Waals surface area contributed by atoms with Crippen LogP contribution in [0, 0.1) is 0 Å². The normalized spacial score (nSPS) is 19.8. The first kappa shape index (κ1) is 15.4.